The molecule has 34 heavy (non-hydrogen) atoms. The van der Waals surface area contributed by atoms with Crippen LogP contribution in [-0.4, -0.2) is 24.8 Å². The van der Waals surface area contributed by atoms with E-state index in [4.69, 9.17) is 19.3 Å². The maximum atomic E-state index is 14.7. The normalized spacial score (nSPS) is 10.7. The number of methoxy groups -OCH3 is 1. The zero-order chi connectivity index (χ0) is 24.3. The lowest BCUT2D eigenvalue weighted by Gasteiger charge is -2.15. The van der Waals surface area contributed by atoms with Gasteiger partial charge in [0.15, 0.2) is 0 Å². The molecular formula is C28H31FO5. The second kappa shape index (κ2) is 12.6. The first-order valence-electron chi connectivity index (χ1n) is 11.5. The van der Waals surface area contributed by atoms with Crippen LogP contribution in [0.2, 0.25) is 0 Å². The molecule has 0 saturated carbocycles. The van der Waals surface area contributed by atoms with Crippen LogP contribution in [0.15, 0.2) is 60.7 Å². The Balaban J connectivity index is 1.80. The summed E-state index contributed by atoms with van der Waals surface area (Å²) in [4.78, 5) is 10.8. The van der Waals surface area contributed by atoms with Crippen LogP contribution in [0.1, 0.15) is 43.7 Å². The van der Waals surface area contributed by atoms with Crippen LogP contribution in [0.4, 0.5) is 4.39 Å². The summed E-state index contributed by atoms with van der Waals surface area (Å²) in [5.74, 6) is 0.658. The lowest BCUT2D eigenvalue weighted by Crippen LogP contribution is -2.02. The minimum atomic E-state index is -0.828. The first kappa shape index (κ1) is 25.1. The number of hydrogen-bond donors (Lipinski definition) is 1. The SMILES string of the molecule is CCCCCOc1cc(COc2cccc(CCC(=O)O)c2)ccc1-c1cc(OC)ccc1F. The highest BCUT2D eigenvalue weighted by molar-refractivity contribution is 5.72. The van der Waals surface area contributed by atoms with Crippen molar-refractivity contribution in [2.24, 2.45) is 0 Å². The summed E-state index contributed by atoms with van der Waals surface area (Å²) < 4.78 is 32.0. The zero-order valence-corrected chi connectivity index (χ0v) is 19.7. The molecule has 3 rings (SSSR count). The van der Waals surface area contributed by atoms with Crippen LogP contribution in [0.5, 0.6) is 17.2 Å². The largest absolute Gasteiger partial charge is 0.497 e. The summed E-state index contributed by atoms with van der Waals surface area (Å²) in [6.07, 6.45) is 3.58. The maximum absolute atomic E-state index is 14.7. The summed E-state index contributed by atoms with van der Waals surface area (Å²) in [5.41, 5.74) is 2.87. The first-order chi connectivity index (χ1) is 16.5. The fraction of sp³-hybridized carbons (Fsp3) is 0.321. The van der Waals surface area contributed by atoms with E-state index in [1.807, 2.05) is 42.5 Å². The van der Waals surface area contributed by atoms with E-state index in [1.54, 1.807) is 19.2 Å². The lowest BCUT2D eigenvalue weighted by atomic mass is 10.0. The maximum Gasteiger partial charge on any atom is 0.303 e. The van der Waals surface area contributed by atoms with Gasteiger partial charge in [-0.05, 0) is 60.4 Å². The second-order valence-electron chi connectivity index (χ2n) is 8.06. The third-order valence-electron chi connectivity index (χ3n) is 5.45. The van der Waals surface area contributed by atoms with Gasteiger partial charge in [-0.3, -0.25) is 4.79 Å². The molecule has 0 aliphatic rings. The van der Waals surface area contributed by atoms with Gasteiger partial charge in [0.25, 0.3) is 0 Å². The van der Waals surface area contributed by atoms with E-state index >= 15 is 0 Å². The van der Waals surface area contributed by atoms with Crippen LogP contribution < -0.4 is 14.2 Å². The van der Waals surface area contributed by atoms with Crippen molar-refractivity contribution in [2.75, 3.05) is 13.7 Å². The van der Waals surface area contributed by atoms with Crippen LogP contribution >= 0.6 is 0 Å². The van der Waals surface area contributed by atoms with Crippen molar-refractivity contribution in [3.63, 3.8) is 0 Å². The number of aliphatic carboxylic acids is 1. The van der Waals surface area contributed by atoms with Crippen molar-refractivity contribution in [2.45, 2.75) is 45.6 Å². The molecule has 3 aromatic rings. The quantitative estimate of drug-likeness (QED) is 0.285. The molecule has 0 heterocycles. The summed E-state index contributed by atoms with van der Waals surface area (Å²) >= 11 is 0. The van der Waals surface area contributed by atoms with Gasteiger partial charge >= 0.3 is 5.97 Å². The summed E-state index contributed by atoms with van der Waals surface area (Å²) in [6, 6.07) is 17.7. The van der Waals surface area contributed by atoms with E-state index in [9.17, 15) is 9.18 Å². The molecular weight excluding hydrogens is 435 g/mol. The molecule has 180 valence electrons. The minimum absolute atomic E-state index is 0.0739. The van der Waals surface area contributed by atoms with Crippen molar-refractivity contribution in [3.05, 3.63) is 77.6 Å². The third-order valence-corrected chi connectivity index (χ3v) is 5.45. The average Bonchev–Trinajstić information content (AvgIpc) is 2.85. The smallest absolute Gasteiger partial charge is 0.303 e. The third kappa shape index (κ3) is 7.24. The average molecular weight is 467 g/mol. The summed E-state index contributed by atoms with van der Waals surface area (Å²) in [5, 5.41) is 8.89. The number of hydrogen-bond acceptors (Lipinski definition) is 4. The predicted octanol–water partition coefficient (Wildman–Crippen LogP) is 6.67. The Hall–Kier alpha value is -3.54. The number of rotatable bonds is 13. The van der Waals surface area contributed by atoms with E-state index < -0.39 is 5.97 Å². The van der Waals surface area contributed by atoms with Gasteiger partial charge in [-0.2, -0.15) is 0 Å². The molecule has 0 aromatic heterocycles. The van der Waals surface area contributed by atoms with Gasteiger partial charge in [-0.15, -0.1) is 0 Å². The van der Waals surface area contributed by atoms with Crippen LogP contribution in [-0.2, 0) is 17.8 Å². The molecule has 0 bridgehead atoms. The number of aryl methyl sites for hydroxylation is 1. The molecule has 0 fully saturated rings. The number of halogens is 1. The second-order valence-corrected chi connectivity index (χ2v) is 8.06. The Morgan fingerprint density at radius 1 is 0.912 bits per heavy atom. The number of benzene rings is 3. The minimum Gasteiger partial charge on any atom is -0.497 e. The first-order valence-corrected chi connectivity index (χ1v) is 11.5. The number of unbranched alkanes of at least 4 members (excludes halogenated alkanes) is 2. The van der Waals surface area contributed by atoms with Gasteiger partial charge in [-0.1, -0.05) is 44.0 Å². The van der Waals surface area contributed by atoms with Crippen molar-refractivity contribution < 1.29 is 28.5 Å². The number of carboxylic acids is 1. The van der Waals surface area contributed by atoms with Gasteiger partial charge in [0.2, 0.25) is 0 Å². The van der Waals surface area contributed by atoms with E-state index in [1.165, 1.54) is 6.07 Å². The van der Waals surface area contributed by atoms with Gasteiger partial charge in [-0.25, -0.2) is 4.39 Å². The monoisotopic (exact) mass is 466 g/mol. The van der Waals surface area contributed by atoms with Gasteiger partial charge in [0.05, 0.1) is 13.7 Å². The van der Waals surface area contributed by atoms with E-state index in [2.05, 4.69) is 6.92 Å². The highest BCUT2D eigenvalue weighted by Crippen LogP contribution is 2.35. The van der Waals surface area contributed by atoms with Gasteiger partial charge in [0.1, 0.15) is 29.7 Å². The van der Waals surface area contributed by atoms with Crippen LogP contribution in [0, 0.1) is 5.82 Å². The molecule has 0 atom stereocenters. The standard InChI is InChI=1S/C28H31FO5/c1-3-4-5-15-33-27-17-21(9-12-24(27)25-18-22(32-2)11-13-26(25)29)19-34-23-8-6-7-20(16-23)10-14-28(30)31/h6-9,11-13,16-18H,3-5,10,14-15,19H2,1-2H3,(H,30,31). The van der Waals surface area contributed by atoms with E-state index in [0.717, 1.165) is 30.4 Å². The molecule has 0 radical (unpaired) electrons. The van der Waals surface area contributed by atoms with Crippen molar-refractivity contribution in [1.82, 2.24) is 0 Å². The molecule has 3 aromatic carbocycles. The molecule has 1 N–H and O–H groups in total. The zero-order valence-electron chi connectivity index (χ0n) is 19.7. The Morgan fingerprint density at radius 3 is 2.53 bits per heavy atom. The molecule has 0 amide bonds. The fourth-order valence-electron chi connectivity index (χ4n) is 3.58. The lowest BCUT2D eigenvalue weighted by molar-refractivity contribution is -0.136. The van der Waals surface area contributed by atoms with Crippen LogP contribution in [0.3, 0.4) is 0 Å². The number of carbonyl (C=O) groups is 1. The van der Waals surface area contributed by atoms with Crippen molar-refractivity contribution in [1.29, 1.82) is 0 Å². The number of carboxylic acid groups (broad SMARTS) is 1. The summed E-state index contributed by atoms with van der Waals surface area (Å²) in [6.45, 7) is 2.97. The number of ether oxygens (including phenoxy) is 3. The molecule has 6 heteroatoms. The molecule has 0 aliphatic carbocycles. The predicted molar refractivity (Wildman–Crippen MR) is 130 cm³/mol. The summed E-state index contributed by atoms with van der Waals surface area (Å²) in [7, 11) is 1.55. The highest BCUT2D eigenvalue weighted by atomic mass is 19.1. The topological polar surface area (TPSA) is 65.0 Å². The molecule has 0 saturated heterocycles. The Morgan fingerprint density at radius 2 is 1.76 bits per heavy atom. The molecule has 0 spiro atoms. The van der Waals surface area contributed by atoms with Crippen LogP contribution in [0.25, 0.3) is 11.1 Å². The highest BCUT2D eigenvalue weighted by Gasteiger charge is 2.14. The Bertz CT molecular complexity index is 1100. The Kier molecular flexibility index (Phi) is 9.32. The van der Waals surface area contributed by atoms with E-state index in [0.29, 0.717) is 48.0 Å². The molecule has 0 unspecified atom stereocenters. The molecule has 5 nitrogen and oxygen atoms in total. The van der Waals surface area contributed by atoms with Gasteiger partial charge in [0, 0.05) is 17.5 Å². The Labute approximate surface area is 200 Å². The van der Waals surface area contributed by atoms with Crippen molar-refractivity contribution >= 4 is 5.97 Å². The molecule has 0 aliphatic heterocycles. The van der Waals surface area contributed by atoms with Crippen molar-refractivity contribution in [3.8, 4) is 28.4 Å². The fourth-order valence-corrected chi connectivity index (χ4v) is 3.58. The van der Waals surface area contributed by atoms with Gasteiger partial charge < -0.3 is 19.3 Å². The van der Waals surface area contributed by atoms with E-state index in [-0.39, 0.29) is 12.2 Å².